The number of fused-ring (bicyclic) bond motifs is 1. The number of rotatable bonds is 4. The van der Waals surface area contributed by atoms with Crippen LogP contribution < -0.4 is 13.8 Å². The van der Waals surface area contributed by atoms with Crippen molar-refractivity contribution >= 4 is 33.6 Å². The lowest BCUT2D eigenvalue weighted by molar-refractivity contribution is 0.391. The lowest BCUT2D eigenvalue weighted by atomic mass is 10.1. The first-order valence-corrected chi connectivity index (χ1v) is 8.35. The molecule has 0 N–H and O–H groups in total. The highest BCUT2D eigenvalue weighted by molar-refractivity contribution is 9.10. The Morgan fingerprint density at radius 1 is 1.19 bits per heavy atom. The third kappa shape index (κ3) is 2.85. The fourth-order valence-electron chi connectivity index (χ4n) is 2.40. The van der Waals surface area contributed by atoms with Crippen LogP contribution in [-0.4, -0.2) is 14.2 Å². The molecule has 0 saturated heterocycles. The van der Waals surface area contributed by atoms with Gasteiger partial charge in [0.25, 0.3) is 0 Å². The lowest BCUT2D eigenvalue weighted by Crippen LogP contribution is -2.11. The minimum Gasteiger partial charge on any atom is -0.497 e. The van der Waals surface area contributed by atoms with E-state index in [1.807, 2.05) is 24.1 Å². The molecule has 1 aliphatic rings. The van der Waals surface area contributed by atoms with Crippen molar-refractivity contribution in [2.24, 2.45) is 0 Å². The van der Waals surface area contributed by atoms with Crippen LogP contribution in [0.5, 0.6) is 11.5 Å². The number of hydrogen-bond acceptors (Lipinski definition) is 4. The summed E-state index contributed by atoms with van der Waals surface area (Å²) in [7, 11) is 3.36. The van der Waals surface area contributed by atoms with E-state index in [1.54, 1.807) is 14.2 Å². The summed E-state index contributed by atoms with van der Waals surface area (Å²) in [6.07, 6.45) is 0. The van der Waals surface area contributed by atoms with E-state index >= 15 is 0 Å². The molecule has 0 radical (unpaired) electrons. The van der Waals surface area contributed by atoms with Gasteiger partial charge in [0, 0.05) is 27.4 Å². The van der Waals surface area contributed by atoms with Crippen LogP contribution >= 0.6 is 27.9 Å². The van der Waals surface area contributed by atoms with Crippen molar-refractivity contribution in [3.05, 3.63) is 52.0 Å². The zero-order chi connectivity index (χ0) is 14.8. The molecule has 0 atom stereocenters. The van der Waals surface area contributed by atoms with Crippen LogP contribution in [0, 0.1) is 0 Å². The molecule has 0 amide bonds. The van der Waals surface area contributed by atoms with Crippen molar-refractivity contribution in [1.29, 1.82) is 0 Å². The van der Waals surface area contributed by atoms with Crippen LogP contribution in [0.25, 0.3) is 0 Å². The molecule has 0 unspecified atom stereocenters. The van der Waals surface area contributed by atoms with Crippen molar-refractivity contribution in [3.63, 3.8) is 0 Å². The summed E-state index contributed by atoms with van der Waals surface area (Å²) in [5.74, 6) is 2.67. The molecule has 21 heavy (non-hydrogen) atoms. The van der Waals surface area contributed by atoms with Gasteiger partial charge < -0.3 is 13.8 Å². The van der Waals surface area contributed by atoms with Gasteiger partial charge in [0.15, 0.2) is 0 Å². The first-order valence-electron chi connectivity index (χ1n) is 6.61. The number of nitrogens with zero attached hydrogens (tertiary/aromatic N) is 1. The number of halogens is 1. The highest BCUT2D eigenvalue weighted by atomic mass is 79.9. The molecular weight excluding hydrogens is 350 g/mol. The van der Waals surface area contributed by atoms with Gasteiger partial charge in [0.2, 0.25) is 0 Å². The van der Waals surface area contributed by atoms with Crippen molar-refractivity contribution in [3.8, 4) is 11.5 Å². The number of hydrogen-bond donors (Lipinski definition) is 0. The number of anilines is 1. The first kappa shape index (κ1) is 14.6. The Labute approximate surface area is 137 Å². The maximum absolute atomic E-state index is 5.48. The van der Waals surface area contributed by atoms with E-state index < -0.39 is 0 Å². The zero-order valence-corrected chi connectivity index (χ0v) is 14.3. The Morgan fingerprint density at radius 2 is 2.05 bits per heavy atom. The Hall–Kier alpha value is -1.33. The maximum atomic E-state index is 5.48. The van der Waals surface area contributed by atoms with E-state index in [4.69, 9.17) is 9.47 Å². The van der Waals surface area contributed by atoms with Gasteiger partial charge in [-0.1, -0.05) is 22.0 Å². The second-order valence-electron chi connectivity index (χ2n) is 4.73. The third-order valence-corrected chi connectivity index (χ3v) is 5.33. The van der Waals surface area contributed by atoms with E-state index in [0.29, 0.717) is 0 Å². The van der Waals surface area contributed by atoms with Gasteiger partial charge >= 0.3 is 0 Å². The molecule has 0 aliphatic carbocycles. The van der Waals surface area contributed by atoms with E-state index in [2.05, 4.69) is 44.5 Å². The van der Waals surface area contributed by atoms with E-state index in [9.17, 15) is 0 Å². The molecule has 110 valence electrons. The minimum atomic E-state index is 0.807. The molecule has 1 aliphatic heterocycles. The van der Waals surface area contributed by atoms with Gasteiger partial charge in [-0.15, -0.1) is 0 Å². The predicted molar refractivity (Wildman–Crippen MR) is 91.2 cm³/mol. The van der Waals surface area contributed by atoms with Gasteiger partial charge in [0.1, 0.15) is 11.5 Å². The topological polar surface area (TPSA) is 21.7 Å². The van der Waals surface area contributed by atoms with Crippen molar-refractivity contribution < 1.29 is 9.47 Å². The van der Waals surface area contributed by atoms with Crippen LogP contribution in [0.1, 0.15) is 11.1 Å². The van der Waals surface area contributed by atoms with Crippen LogP contribution in [0.3, 0.4) is 0 Å². The Kier molecular flexibility index (Phi) is 4.31. The van der Waals surface area contributed by atoms with Crippen molar-refractivity contribution in [2.75, 3.05) is 18.5 Å². The fourth-order valence-corrected chi connectivity index (χ4v) is 4.21. The lowest BCUT2D eigenvalue weighted by Gasteiger charge is -2.20. The predicted octanol–water partition coefficient (Wildman–Crippen LogP) is 4.63. The summed E-state index contributed by atoms with van der Waals surface area (Å²) in [5, 5.41) is 0. The van der Waals surface area contributed by atoms with Crippen LogP contribution in [0.2, 0.25) is 0 Å². The molecule has 5 heteroatoms. The van der Waals surface area contributed by atoms with Crippen LogP contribution in [-0.2, 0) is 12.3 Å². The van der Waals surface area contributed by atoms with Gasteiger partial charge in [-0.2, -0.15) is 0 Å². The van der Waals surface area contributed by atoms with E-state index in [-0.39, 0.29) is 0 Å². The Bertz CT molecular complexity index is 663. The second kappa shape index (κ2) is 6.20. The number of benzene rings is 2. The largest absolute Gasteiger partial charge is 0.497 e. The second-order valence-corrected chi connectivity index (χ2v) is 6.57. The van der Waals surface area contributed by atoms with Crippen molar-refractivity contribution in [1.82, 2.24) is 0 Å². The first-order chi connectivity index (χ1) is 10.2. The van der Waals surface area contributed by atoms with Gasteiger partial charge in [-0.3, -0.25) is 0 Å². The van der Waals surface area contributed by atoms with Gasteiger partial charge in [-0.05, 0) is 36.2 Å². The normalized spacial score (nSPS) is 13.2. The molecule has 0 bridgehead atoms. The van der Waals surface area contributed by atoms with E-state index in [1.165, 1.54) is 15.7 Å². The molecule has 0 fully saturated rings. The average Bonchev–Trinajstić information content (AvgIpc) is 2.92. The van der Waals surface area contributed by atoms with Gasteiger partial charge in [-0.25, -0.2) is 0 Å². The standard InChI is InChI=1S/C16H16BrNO2S/c1-19-12-7-6-11(16(8-12)20-2)9-18-15-5-3-4-14(17)13(15)10-21-18/h3-8H,9-10H2,1-2H3. The summed E-state index contributed by atoms with van der Waals surface area (Å²) in [6.45, 7) is 0.807. The molecule has 0 saturated carbocycles. The van der Waals surface area contributed by atoms with Crippen LogP contribution in [0.15, 0.2) is 40.9 Å². The van der Waals surface area contributed by atoms with Gasteiger partial charge in [0.05, 0.1) is 26.5 Å². The smallest absolute Gasteiger partial charge is 0.127 e. The van der Waals surface area contributed by atoms with Crippen molar-refractivity contribution in [2.45, 2.75) is 12.3 Å². The SMILES string of the molecule is COc1ccc(CN2SCc3c(Br)cccc32)c(OC)c1. The molecular formula is C16H16BrNO2S. The summed E-state index contributed by atoms with van der Waals surface area (Å²) >= 11 is 5.45. The monoisotopic (exact) mass is 365 g/mol. The van der Waals surface area contributed by atoms with E-state index in [0.717, 1.165) is 29.4 Å². The minimum absolute atomic E-state index is 0.807. The molecule has 2 aromatic carbocycles. The highest BCUT2D eigenvalue weighted by Crippen LogP contribution is 2.43. The Balaban J connectivity index is 1.88. The summed E-state index contributed by atoms with van der Waals surface area (Å²) in [6, 6.07) is 12.3. The maximum Gasteiger partial charge on any atom is 0.127 e. The molecule has 0 aromatic heterocycles. The summed E-state index contributed by atoms with van der Waals surface area (Å²) < 4.78 is 14.2. The molecule has 3 nitrogen and oxygen atoms in total. The zero-order valence-electron chi connectivity index (χ0n) is 11.9. The highest BCUT2D eigenvalue weighted by Gasteiger charge is 2.23. The summed E-state index contributed by atoms with van der Waals surface area (Å²) in [5.41, 5.74) is 3.78. The Morgan fingerprint density at radius 3 is 2.81 bits per heavy atom. The quantitative estimate of drug-likeness (QED) is 0.736. The summed E-state index contributed by atoms with van der Waals surface area (Å²) in [4.78, 5) is 0. The molecule has 1 heterocycles. The number of ether oxygens (including phenoxy) is 2. The van der Waals surface area contributed by atoms with Crippen LogP contribution in [0.4, 0.5) is 5.69 Å². The molecule has 2 aromatic rings. The average molecular weight is 366 g/mol. The number of methoxy groups -OCH3 is 2. The molecule has 0 spiro atoms. The fraction of sp³-hybridized carbons (Fsp3) is 0.250. The third-order valence-electron chi connectivity index (χ3n) is 3.54. The molecule has 3 rings (SSSR count).